The third-order valence-electron chi connectivity index (χ3n) is 4.81. The lowest BCUT2D eigenvalue weighted by atomic mass is 9.64. The third-order valence-corrected chi connectivity index (χ3v) is 4.81. The zero-order chi connectivity index (χ0) is 12.4. The van der Waals surface area contributed by atoms with E-state index in [1.165, 1.54) is 38.5 Å². The van der Waals surface area contributed by atoms with Crippen LogP contribution in [0.15, 0.2) is 0 Å². The molecule has 1 aliphatic carbocycles. The van der Waals surface area contributed by atoms with Crippen LogP contribution in [0.5, 0.6) is 0 Å². The summed E-state index contributed by atoms with van der Waals surface area (Å²) < 4.78 is 0. The van der Waals surface area contributed by atoms with Gasteiger partial charge in [0.2, 0.25) is 0 Å². The van der Waals surface area contributed by atoms with E-state index in [-0.39, 0.29) is 5.54 Å². The molecule has 0 aromatic heterocycles. The number of rotatable bonds is 4. The van der Waals surface area contributed by atoms with Crippen LogP contribution in [0.2, 0.25) is 0 Å². The second-order valence-electron chi connectivity index (χ2n) is 7.08. The van der Waals surface area contributed by atoms with Crippen LogP contribution >= 0.6 is 0 Å². The molecular formula is C15H31N. The molecular weight excluding hydrogens is 194 g/mol. The monoisotopic (exact) mass is 225 g/mol. The molecule has 0 aromatic rings. The molecule has 0 atom stereocenters. The summed E-state index contributed by atoms with van der Waals surface area (Å²) in [5.74, 6) is 1.63. The fourth-order valence-corrected chi connectivity index (χ4v) is 3.28. The first kappa shape index (κ1) is 14.0. The van der Waals surface area contributed by atoms with Crippen molar-refractivity contribution in [1.82, 2.24) is 0 Å². The van der Waals surface area contributed by atoms with E-state index in [1.54, 1.807) is 0 Å². The number of hydrogen-bond acceptors (Lipinski definition) is 1. The summed E-state index contributed by atoms with van der Waals surface area (Å²) in [5, 5.41) is 0. The lowest BCUT2D eigenvalue weighted by Gasteiger charge is -2.44. The Kier molecular flexibility index (Phi) is 4.45. The molecule has 0 aliphatic heterocycles. The van der Waals surface area contributed by atoms with Crippen LogP contribution in [0.1, 0.15) is 73.1 Å². The lowest BCUT2D eigenvalue weighted by molar-refractivity contribution is 0.106. The average Bonchev–Trinajstić information content (AvgIpc) is 2.16. The molecule has 1 saturated carbocycles. The van der Waals surface area contributed by atoms with E-state index in [1.807, 2.05) is 0 Å². The molecule has 0 spiro atoms. The Morgan fingerprint density at radius 2 is 1.75 bits per heavy atom. The molecule has 1 heteroatoms. The van der Waals surface area contributed by atoms with E-state index in [9.17, 15) is 0 Å². The maximum absolute atomic E-state index is 6.51. The standard InChI is InChI=1S/C15H31N/c1-6-14(4,5)13-7-9-15(16,10-8-13)11-12(2)3/h12-13H,6-11,16H2,1-5H3. The van der Waals surface area contributed by atoms with Gasteiger partial charge in [0, 0.05) is 5.54 Å². The minimum Gasteiger partial charge on any atom is -0.325 e. The van der Waals surface area contributed by atoms with Gasteiger partial charge in [-0.1, -0.05) is 41.0 Å². The molecule has 0 heterocycles. The smallest absolute Gasteiger partial charge is 0.0157 e. The molecule has 0 saturated heterocycles. The molecule has 1 rings (SSSR count). The maximum Gasteiger partial charge on any atom is 0.0157 e. The van der Waals surface area contributed by atoms with Crippen LogP contribution in [-0.4, -0.2) is 5.54 Å². The predicted molar refractivity (Wildman–Crippen MR) is 72.4 cm³/mol. The first-order valence-electron chi connectivity index (χ1n) is 7.08. The highest BCUT2D eigenvalue weighted by Gasteiger charge is 2.37. The van der Waals surface area contributed by atoms with Crippen molar-refractivity contribution in [2.45, 2.75) is 78.7 Å². The van der Waals surface area contributed by atoms with E-state index in [0.29, 0.717) is 5.41 Å². The quantitative estimate of drug-likeness (QED) is 0.756. The number of nitrogens with two attached hydrogens (primary N) is 1. The van der Waals surface area contributed by atoms with E-state index in [0.717, 1.165) is 11.8 Å². The summed E-state index contributed by atoms with van der Waals surface area (Å²) in [6.45, 7) is 11.7. The molecule has 16 heavy (non-hydrogen) atoms. The summed E-state index contributed by atoms with van der Waals surface area (Å²) in [7, 11) is 0. The van der Waals surface area contributed by atoms with Crippen molar-refractivity contribution in [3.05, 3.63) is 0 Å². The van der Waals surface area contributed by atoms with E-state index in [4.69, 9.17) is 5.73 Å². The van der Waals surface area contributed by atoms with Gasteiger partial charge in [0.05, 0.1) is 0 Å². The van der Waals surface area contributed by atoms with Gasteiger partial charge in [0.15, 0.2) is 0 Å². The summed E-state index contributed by atoms with van der Waals surface area (Å²) >= 11 is 0. The summed E-state index contributed by atoms with van der Waals surface area (Å²) in [6, 6.07) is 0. The van der Waals surface area contributed by atoms with Crippen molar-refractivity contribution in [1.29, 1.82) is 0 Å². The third kappa shape index (κ3) is 3.48. The Hall–Kier alpha value is -0.0400. The molecule has 0 amide bonds. The van der Waals surface area contributed by atoms with Gasteiger partial charge in [-0.05, 0) is 49.4 Å². The van der Waals surface area contributed by atoms with Gasteiger partial charge in [0.25, 0.3) is 0 Å². The minimum atomic E-state index is 0.147. The Labute approximate surface area is 102 Å². The highest BCUT2D eigenvalue weighted by molar-refractivity contribution is 4.93. The van der Waals surface area contributed by atoms with Gasteiger partial charge in [0.1, 0.15) is 0 Å². The maximum atomic E-state index is 6.51. The minimum absolute atomic E-state index is 0.147. The van der Waals surface area contributed by atoms with E-state index >= 15 is 0 Å². The Morgan fingerprint density at radius 1 is 1.25 bits per heavy atom. The summed E-state index contributed by atoms with van der Waals surface area (Å²) in [4.78, 5) is 0. The fourth-order valence-electron chi connectivity index (χ4n) is 3.28. The van der Waals surface area contributed by atoms with Gasteiger partial charge in [-0.3, -0.25) is 0 Å². The molecule has 0 bridgehead atoms. The SMILES string of the molecule is CCC(C)(C)C1CCC(N)(CC(C)C)CC1. The highest BCUT2D eigenvalue weighted by Crippen LogP contribution is 2.44. The van der Waals surface area contributed by atoms with Gasteiger partial charge in [-0.15, -0.1) is 0 Å². The van der Waals surface area contributed by atoms with E-state index < -0.39 is 0 Å². The average molecular weight is 225 g/mol. The first-order chi connectivity index (χ1) is 7.29. The molecule has 1 nitrogen and oxygen atoms in total. The van der Waals surface area contributed by atoms with Gasteiger partial charge < -0.3 is 5.73 Å². The number of hydrogen-bond donors (Lipinski definition) is 1. The van der Waals surface area contributed by atoms with Crippen LogP contribution in [0.4, 0.5) is 0 Å². The largest absolute Gasteiger partial charge is 0.325 e. The molecule has 2 N–H and O–H groups in total. The summed E-state index contributed by atoms with van der Waals surface area (Å²) in [5.41, 5.74) is 7.17. The van der Waals surface area contributed by atoms with Crippen LogP contribution in [0.3, 0.4) is 0 Å². The van der Waals surface area contributed by atoms with Crippen molar-refractivity contribution in [3.8, 4) is 0 Å². The first-order valence-corrected chi connectivity index (χ1v) is 7.08. The molecule has 0 unspecified atom stereocenters. The van der Waals surface area contributed by atoms with Crippen molar-refractivity contribution in [3.63, 3.8) is 0 Å². The van der Waals surface area contributed by atoms with Crippen LogP contribution in [0, 0.1) is 17.3 Å². The van der Waals surface area contributed by atoms with E-state index in [2.05, 4.69) is 34.6 Å². The van der Waals surface area contributed by atoms with Gasteiger partial charge in [-0.25, -0.2) is 0 Å². The Bertz CT molecular complexity index is 209. The lowest BCUT2D eigenvalue weighted by Crippen LogP contribution is -2.46. The molecule has 96 valence electrons. The predicted octanol–water partition coefficient (Wildman–Crippen LogP) is 4.36. The second-order valence-corrected chi connectivity index (χ2v) is 7.08. The zero-order valence-corrected chi connectivity index (χ0v) is 12.0. The molecule has 1 fully saturated rings. The van der Waals surface area contributed by atoms with Crippen molar-refractivity contribution >= 4 is 0 Å². The summed E-state index contributed by atoms with van der Waals surface area (Å²) in [6.07, 6.45) is 7.64. The topological polar surface area (TPSA) is 26.0 Å². The highest BCUT2D eigenvalue weighted by atomic mass is 14.7. The molecule has 0 radical (unpaired) electrons. The van der Waals surface area contributed by atoms with Crippen molar-refractivity contribution in [2.75, 3.05) is 0 Å². The van der Waals surface area contributed by atoms with Crippen molar-refractivity contribution in [2.24, 2.45) is 23.0 Å². The van der Waals surface area contributed by atoms with Crippen molar-refractivity contribution < 1.29 is 0 Å². The van der Waals surface area contributed by atoms with Gasteiger partial charge >= 0.3 is 0 Å². The fraction of sp³-hybridized carbons (Fsp3) is 1.00. The van der Waals surface area contributed by atoms with Crippen LogP contribution in [-0.2, 0) is 0 Å². The van der Waals surface area contributed by atoms with Gasteiger partial charge in [-0.2, -0.15) is 0 Å². The normalized spacial score (nSPS) is 32.1. The zero-order valence-electron chi connectivity index (χ0n) is 12.0. The second kappa shape index (κ2) is 5.08. The Balaban J connectivity index is 2.50. The van der Waals surface area contributed by atoms with Crippen LogP contribution < -0.4 is 5.73 Å². The van der Waals surface area contributed by atoms with Crippen LogP contribution in [0.25, 0.3) is 0 Å². The molecule has 0 aromatic carbocycles. The molecule has 1 aliphatic rings. The Morgan fingerprint density at radius 3 is 2.12 bits per heavy atom.